The number of hydrogen-bond donors (Lipinski definition) is 2. The lowest BCUT2D eigenvalue weighted by Crippen LogP contribution is -2.34. The molecule has 0 bridgehead atoms. The predicted molar refractivity (Wildman–Crippen MR) is 123 cm³/mol. The van der Waals surface area contributed by atoms with Crippen LogP contribution in [0, 0.1) is 0 Å². The lowest BCUT2D eigenvalue weighted by atomic mass is 10.1. The Kier molecular flexibility index (Phi) is 8.31. The summed E-state index contributed by atoms with van der Waals surface area (Å²) in [6, 6.07) is 11.8. The first-order valence-electron chi connectivity index (χ1n) is 10.8. The average Bonchev–Trinajstić information content (AvgIpc) is 3.22. The van der Waals surface area contributed by atoms with Gasteiger partial charge in [-0.1, -0.05) is 19.1 Å². The van der Waals surface area contributed by atoms with Crippen molar-refractivity contribution < 1.29 is 19.4 Å². The maximum absolute atomic E-state index is 12.8. The van der Waals surface area contributed by atoms with Crippen molar-refractivity contribution in [3.8, 4) is 5.75 Å². The van der Waals surface area contributed by atoms with Gasteiger partial charge in [0.1, 0.15) is 11.9 Å². The second kappa shape index (κ2) is 11.2. The SMILES string of the molecule is CCNC1CCCN(c2cccc(O[C@@H](CCN(C)C(=O)O)c3cccs3)c2)C(=O)C1. The summed E-state index contributed by atoms with van der Waals surface area (Å²) >= 11 is 1.59. The van der Waals surface area contributed by atoms with Crippen molar-refractivity contribution >= 4 is 29.0 Å². The highest BCUT2D eigenvalue weighted by molar-refractivity contribution is 7.10. The van der Waals surface area contributed by atoms with E-state index >= 15 is 0 Å². The van der Waals surface area contributed by atoms with E-state index in [4.69, 9.17) is 9.84 Å². The molecule has 2 heterocycles. The number of amides is 2. The minimum absolute atomic E-state index is 0.124. The zero-order chi connectivity index (χ0) is 22.2. The van der Waals surface area contributed by atoms with Crippen LogP contribution in [0.2, 0.25) is 0 Å². The molecule has 1 aromatic heterocycles. The van der Waals surface area contributed by atoms with Gasteiger partial charge in [-0.25, -0.2) is 4.79 Å². The molecule has 0 saturated carbocycles. The Morgan fingerprint density at radius 2 is 2.23 bits per heavy atom. The molecule has 1 aliphatic heterocycles. The fraction of sp³-hybridized carbons (Fsp3) is 0.478. The first-order valence-corrected chi connectivity index (χ1v) is 11.6. The van der Waals surface area contributed by atoms with Gasteiger partial charge in [0.05, 0.1) is 0 Å². The van der Waals surface area contributed by atoms with E-state index < -0.39 is 6.09 Å². The third kappa shape index (κ3) is 6.45. The summed E-state index contributed by atoms with van der Waals surface area (Å²) in [5.74, 6) is 0.799. The Labute approximate surface area is 187 Å². The summed E-state index contributed by atoms with van der Waals surface area (Å²) in [6.45, 7) is 3.99. The second-order valence-electron chi connectivity index (χ2n) is 7.76. The van der Waals surface area contributed by atoms with E-state index in [1.54, 1.807) is 18.4 Å². The Hall–Kier alpha value is -2.58. The maximum Gasteiger partial charge on any atom is 0.407 e. The Morgan fingerprint density at radius 1 is 1.39 bits per heavy atom. The van der Waals surface area contributed by atoms with Crippen molar-refractivity contribution in [2.45, 2.75) is 44.8 Å². The molecule has 8 heteroatoms. The van der Waals surface area contributed by atoms with Crippen molar-refractivity contribution in [1.29, 1.82) is 0 Å². The van der Waals surface area contributed by atoms with Gasteiger partial charge >= 0.3 is 6.09 Å². The predicted octanol–water partition coefficient (Wildman–Crippen LogP) is 4.36. The first-order chi connectivity index (χ1) is 15.0. The third-order valence-electron chi connectivity index (χ3n) is 5.47. The summed E-state index contributed by atoms with van der Waals surface area (Å²) in [6.07, 6.45) is 1.77. The number of nitrogens with one attached hydrogen (secondary N) is 1. The van der Waals surface area contributed by atoms with Gasteiger partial charge in [-0.05, 0) is 43.0 Å². The Bertz CT molecular complexity index is 858. The molecule has 0 radical (unpaired) electrons. The van der Waals surface area contributed by atoms with E-state index in [-0.39, 0.29) is 18.1 Å². The van der Waals surface area contributed by atoms with Crippen LogP contribution in [-0.2, 0) is 4.79 Å². The number of anilines is 1. The van der Waals surface area contributed by atoms with Crippen LogP contribution in [0.5, 0.6) is 5.75 Å². The van der Waals surface area contributed by atoms with E-state index in [0.29, 0.717) is 31.7 Å². The number of nitrogens with zero attached hydrogens (tertiary/aromatic N) is 2. The average molecular weight is 446 g/mol. The van der Waals surface area contributed by atoms with Crippen molar-refractivity contribution in [1.82, 2.24) is 10.2 Å². The van der Waals surface area contributed by atoms with Crippen LogP contribution >= 0.6 is 11.3 Å². The molecule has 1 aliphatic rings. The van der Waals surface area contributed by atoms with Gasteiger partial charge in [-0.3, -0.25) is 4.79 Å². The molecule has 2 aromatic rings. The molecule has 1 saturated heterocycles. The van der Waals surface area contributed by atoms with Crippen LogP contribution in [0.25, 0.3) is 0 Å². The molecule has 168 valence electrons. The standard InChI is InChI=1S/C23H31N3O4S/c1-3-24-17-7-5-12-26(22(27)15-17)18-8-4-9-19(16-18)30-20(21-10-6-14-31-21)11-13-25(2)23(28)29/h4,6,8-10,14,16-17,20,24H,3,5,7,11-13,15H2,1-2H3,(H,28,29)/t17?,20-/m0/s1. The van der Waals surface area contributed by atoms with E-state index in [1.807, 2.05) is 46.7 Å². The Morgan fingerprint density at radius 3 is 2.94 bits per heavy atom. The van der Waals surface area contributed by atoms with Gasteiger partial charge in [0.15, 0.2) is 0 Å². The van der Waals surface area contributed by atoms with Crippen LogP contribution in [0.4, 0.5) is 10.5 Å². The smallest absolute Gasteiger partial charge is 0.407 e. The number of ether oxygens (including phenoxy) is 1. The fourth-order valence-corrected chi connectivity index (χ4v) is 4.60. The number of benzene rings is 1. The topological polar surface area (TPSA) is 82.1 Å². The molecule has 1 fully saturated rings. The summed E-state index contributed by atoms with van der Waals surface area (Å²) in [4.78, 5) is 28.1. The molecular formula is C23H31N3O4S. The lowest BCUT2D eigenvalue weighted by molar-refractivity contribution is -0.118. The highest BCUT2D eigenvalue weighted by Crippen LogP contribution is 2.31. The summed E-state index contributed by atoms with van der Waals surface area (Å²) in [5.41, 5.74) is 0.840. The molecule has 2 amide bonds. The van der Waals surface area contributed by atoms with Gasteiger partial charge in [-0.15, -0.1) is 11.3 Å². The van der Waals surface area contributed by atoms with Gasteiger partial charge in [0.2, 0.25) is 5.91 Å². The highest BCUT2D eigenvalue weighted by atomic mass is 32.1. The summed E-state index contributed by atoms with van der Waals surface area (Å²) in [5, 5.41) is 14.5. The minimum atomic E-state index is -0.956. The molecule has 2 N–H and O–H groups in total. The molecular weight excluding hydrogens is 414 g/mol. The third-order valence-corrected chi connectivity index (χ3v) is 6.43. The van der Waals surface area contributed by atoms with Crippen LogP contribution in [0.3, 0.4) is 0 Å². The molecule has 1 unspecified atom stereocenters. The number of rotatable bonds is 9. The molecule has 0 spiro atoms. The maximum atomic E-state index is 12.8. The molecule has 31 heavy (non-hydrogen) atoms. The summed E-state index contributed by atoms with van der Waals surface area (Å²) in [7, 11) is 1.56. The Balaban J connectivity index is 1.73. The van der Waals surface area contributed by atoms with E-state index in [0.717, 1.165) is 30.0 Å². The van der Waals surface area contributed by atoms with Crippen LogP contribution in [-0.4, -0.2) is 54.7 Å². The van der Waals surface area contributed by atoms with Crippen LogP contribution < -0.4 is 15.0 Å². The second-order valence-corrected chi connectivity index (χ2v) is 8.74. The van der Waals surface area contributed by atoms with E-state index in [9.17, 15) is 9.59 Å². The van der Waals surface area contributed by atoms with Crippen molar-refractivity contribution in [2.24, 2.45) is 0 Å². The molecule has 3 rings (SSSR count). The van der Waals surface area contributed by atoms with Gasteiger partial charge in [0.25, 0.3) is 0 Å². The molecule has 1 aromatic carbocycles. The quantitative estimate of drug-likeness (QED) is 0.599. The van der Waals surface area contributed by atoms with Crippen LogP contribution in [0.1, 0.15) is 43.6 Å². The van der Waals surface area contributed by atoms with E-state index in [1.165, 1.54) is 4.90 Å². The van der Waals surface area contributed by atoms with Gasteiger partial charge in [0, 0.05) is 55.7 Å². The summed E-state index contributed by atoms with van der Waals surface area (Å²) < 4.78 is 6.29. The van der Waals surface area contributed by atoms with Gasteiger partial charge < -0.3 is 25.0 Å². The molecule has 2 atom stereocenters. The molecule has 7 nitrogen and oxygen atoms in total. The number of thiophene rings is 1. The highest BCUT2D eigenvalue weighted by Gasteiger charge is 2.24. The molecule has 0 aliphatic carbocycles. The van der Waals surface area contributed by atoms with Crippen molar-refractivity contribution in [3.63, 3.8) is 0 Å². The van der Waals surface area contributed by atoms with Gasteiger partial charge in [-0.2, -0.15) is 0 Å². The van der Waals surface area contributed by atoms with Crippen LogP contribution in [0.15, 0.2) is 41.8 Å². The monoisotopic (exact) mass is 445 g/mol. The van der Waals surface area contributed by atoms with Crippen molar-refractivity contribution in [3.05, 3.63) is 46.7 Å². The first kappa shape index (κ1) is 23.1. The zero-order valence-electron chi connectivity index (χ0n) is 18.1. The minimum Gasteiger partial charge on any atom is -0.485 e. The zero-order valence-corrected chi connectivity index (χ0v) is 18.9. The number of carboxylic acid groups (broad SMARTS) is 1. The van der Waals surface area contributed by atoms with Crippen molar-refractivity contribution in [2.75, 3.05) is 31.6 Å². The largest absolute Gasteiger partial charge is 0.485 e. The number of carbonyl (C=O) groups excluding carboxylic acids is 1. The van der Waals surface area contributed by atoms with E-state index in [2.05, 4.69) is 12.2 Å². The lowest BCUT2D eigenvalue weighted by Gasteiger charge is -2.24. The fourth-order valence-electron chi connectivity index (χ4n) is 3.81. The normalized spacial score (nSPS) is 17.8. The number of hydrogen-bond acceptors (Lipinski definition) is 5. The number of carbonyl (C=O) groups is 2.